The Morgan fingerprint density at radius 1 is 1.42 bits per heavy atom. The number of hydrogen-bond acceptors (Lipinski definition) is 3. The third-order valence-corrected chi connectivity index (χ3v) is 4.07. The van der Waals surface area contributed by atoms with Gasteiger partial charge in [0.25, 0.3) is 0 Å². The molecule has 3 unspecified atom stereocenters. The quantitative estimate of drug-likeness (QED) is 0.849. The summed E-state index contributed by atoms with van der Waals surface area (Å²) in [5.41, 5.74) is 1.08. The molecule has 4 nitrogen and oxygen atoms in total. The molecule has 1 saturated heterocycles. The van der Waals surface area contributed by atoms with Gasteiger partial charge in [-0.1, -0.05) is 25.1 Å². The van der Waals surface area contributed by atoms with Crippen LogP contribution in [-0.2, 0) is 4.79 Å². The monoisotopic (exact) mass is 260 g/mol. The van der Waals surface area contributed by atoms with Crippen LogP contribution < -0.4 is 15.4 Å². The van der Waals surface area contributed by atoms with Crippen molar-refractivity contribution < 1.29 is 9.53 Å². The Balaban J connectivity index is 1.67. The number of rotatable bonds is 2. The van der Waals surface area contributed by atoms with E-state index in [-0.39, 0.29) is 18.0 Å². The second-order valence-corrected chi connectivity index (χ2v) is 5.46. The number of carbonyl (C=O) groups excluding carboxylic acids is 1. The molecule has 0 saturated carbocycles. The van der Waals surface area contributed by atoms with Gasteiger partial charge in [-0.3, -0.25) is 4.79 Å². The van der Waals surface area contributed by atoms with Gasteiger partial charge in [0.15, 0.2) is 0 Å². The lowest BCUT2D eigenvalue weighted by atomic mass is 9.92. The standard InChI is InChI=1S/C15H20N2O2/c1-10-5-4-8-16-14(10)15(18)17-12-9-19-13-7-3-2-6-11(12)13/h2-3,6-7,10,12,14,16H,4-5,8-9H2,1H3,(H,17,18). The van der Waals surface area contributed by atoms with Crippen LogP contribution in [0, 0.1) is 5.92 Å². The van der Waals surface area contributed by atoms with Crippen molar-refractivity contribution in [2.45, 2.75) is 31.8 Å². The number of piperidine rings is 1. The fourth-order valence-electron chi connectivity index (χ4n) is 2.94. The van der Waals surface area contributed by atoms with E-state index in [4.69, 9.17) is 4.74 Å². The molecule has 2 heterocycles. The highest BCUT2D eigenvalue weighted by Gasteiger charge is 2.31. The lowest BCUT2D eigenvalue weighted by molar-refractivity contribution is -0.125. The normalized spacial score (nSPS) is 29.4. The van der Waals surface area contributed by atoms with Crippen molar-refractivity contribution in [1.82, 2.24) is 10.6 Å². The zero-order valence-electron chi connectivity index (χ0n) is 11.2. The fourth-order valence-corrected chi connectivity index (χ4v) is 2.94. The van der Waals surface area contributed by atoms with E-state index in [0.29, 0.717) is 12.5 Å². The van der Waals surface area contributed by atoms with Gasteiger partial charge in [-0.2, -0.15) is 0 Å². The topological polar surface area (TPSA) is 50.4 Å². The second kappa shape index (κ2) is 5.21. The molecular formula is C15H20N2O2. The summed E-state index contributed by atoms with van der Waals surface area (Å²) < 4.78 is 5.59. The number of ether oxygens (including phenoxy) is 1. The van der Waals surface area contributed by atoms with Crippen molar-refractivity contribution in [1.29, 1.82) is 0 Å². The Morgan fingerprint density at radius 2 is 2.26 bits per heavy atom. The molecule has 0 aromatic heterocycles. The summed E-state index contributed by atoms with van der Waals surface area (Å²) in [4.78, 5) is 12.3. The van der Waals surface area contributed by atoms with Crippen molar-refractivity contribution in [3.63, 3.8) is 0 Å². The molecule has 4 heteroatoms. The Labute approximate surface area is 113 Å². The van der Waals surface area contributed by atoms with E-state index < -0.39 is 0 Å². The van der Waals surface area contributed by atoms with Crippen molar-refractivity contribution in [3.05, 3.63) is 29.8 Å². The van der Waals surface area contributed by atoms with Crippen LogP contribution in [0.4, 0.5) is 0 Å². The largest absolute Gasteiger partial charge is 0.491 e. The van der Waals surface area contributed by atoms with E-state index >= 15 is 0 Å². The number of nitrogens with one attached hydrogen (secondary N) is 2. The van der Waals surface area contributed by atoms with Crippen LogP contribution in [0.2, 0.25) is 0 Å². The first-order chi connectivity index (χ1) is 9.25. The summed E-state index contributed by atoms with van der Waals surface area (Å²) in [6, 6.07) is 7.82. The number of hydrogen-bond donors (Lipinski definition) is 2. The van der Waals surface area contributed by atoms with Gasteiger partial charge in [0.2, 0.25) is 5.91 Å². The Kier molecular flexibility index (Phi) is 3.42. The molecule has 2 aliphatic rings. The van der Waals surface area contributed by atoms with Crippen LogP contribution in [0.15, 0.2) is 24.3 Å². The third-order valence-electron chi connectivity index (χ3n) is 4.07. The molecule has 1 amide bonds. The summed E-state index contributed by atoms with van der Waals surface area (Å²) in [7, 11) is 0. The van der Waals surface area contributed by atoms with E-state index in [9.17, 15) is 4.79 Å². The predicted octanol–water partition coefficient (Wildman–Crippen LogP) is 1.62. The highest BCUT2D eigenvalue weighted by molar-refractivity contribution is 5.82. The van der Waals surface area contributed by atoms with Crippen molar-refractivity contribution in [2.24, 2.45) is 5.92 Å². The molecule has 2 aliphatic heterocycles. The smallest absolute Gasteiger partial charge is 0.238 e. The van der Waals surface area contributed by atoms with Gasteiger partial charge >= 0.3 is 0 Å². The summed E-state index contributed by atoms with van der Waals surface area (Å²) in [6.07, 6.45) is 2.27. The summed E-state index contributed by atoms with van der Waals surface area (Å²) >= 11 is 0. The number of para-hydroxylation sites is 1. The van der Waals surface area contributed by atoms with E-state index in [2.05, 4.69) is 17.6 Å². The van der Waals surface area contributed by atoms with Crippen LogP contribution in [0.25, 0.3) is 0 Å². The molecule has 1 fully saturated rings. The van der Waals surface area contributed by atoms with Crippen LogP contribution in [-0.4, -0.2) is 25.1 Å². The van der Waals surface area contributed by atoms with Gasteiger partial charge in [0.1, 0.15) is 12.4 Å². The molecular weight excluding hydrogens is 240 g/mol. The zero-order chi connectivity index (χ0) is 13.2. The van der Waals surface area contributed by atoms with Gasteiger partial charge < -0.3 is 15.4 Å². The van der Waals surface area contributed by atoms with E-state index in [0.717, 1.165) is 30.7 Å². The van der Waals surface area contributed by atoms with Crippen molar-refractivity contribution in [2.75, 3.05) is 13.2 Å². The van der Waals surface area contributed by atoms with Gasteiger partial charge in [-0.05, 0) is 31.4 Å². The molecule has 102 valence electrons. The minimum Gasteiger partial charge on any atom is -0.491 e. The van der Waals surface area contributed by atoms with Crippen LogP contribution in [0.5, 0.6) is 5.75 Å². The molecule has 0 aliphatic carbocycles. The maximum absolute atomic E-state index is 12.3. The summed E-state index contributed by atoms with van der Waals surface area (Å²) in [6.45, 7) is 3.60. The number of fused-ring (bicyclic) bond motifs is 1. The molecule has 19 heavy (non-hydrogen) atoms. The SMILES string of the molecule is CC1CCCNC1C(=O)NC1COc2ccccc21. The molecule has 3 rings (SSSR count). The average Bonchev–Trinajstić information content (AvgIpc) is 2.83. The fraction of sp³-hybridized carbons (Fsp3) is 0.533. The highest BCUT2D eigenvalue weighted by atomic mass is 16.5. The number of amides is 1. The first-order valence-electron chi connectivity index (χ1n) is 7.01. The summed E-state index contributed by atoms with van der Waals surface area (Å²) in [5, 5.41) is 6.42. The summed E-state index contributed by atoms with van der Waals surface area (Å²) in [5.74, 6) is 1.38. The zero-order valence-corrected chi connectivity index (χ0v) is 11.2. The molecule has 0 spiro atoms. The van der Waals surface area contributed by atoms with Gasteiger partial charge in [0.05, 0.1) is 12.1 Å². The van der Waals surface area contributed by atoms with Gasteiger partial charge in [-0.25, -0.2) is 0 Å². The Morgan fingerprint density at radius 3 is 3.11 bits per heavy atom. The lowest BCUT2D eigenvalue weighted by Gasteiger charge is -2.29. The van der Waals surface area contributed by atoms with Crippen LogP contribution >= 0.6 is 0 Å². The Hall–Kier alpha value is -1.55. The average molecular weight is 260 g/mol. The van der Waals surface area contributed by atoms with Crippen LogP contribution in [0.1, 0.15) is 31.4 Å². The van der Waals surface area contributed by atoms with E-state index in [1.807, 2.05) is 24.3 Å². The molecule has 0 radical (unpaired) electrons. The molecule has 1 aromatic rings. The highest BCUT2D eigenvalue weighted by Crippen LogP contribution is 2.31. The lowest BCUT2D eigenvalue weighted by Crippen LogP contribution is -2.51. The minimum atomic E-state index is -0.0680. The van der Waals surface area contributed by atoms with E-state index in [1.54, 1.807) is 0 Å². The molecule has 0 bridgehead atoms. The van der Waals surface area contributed by atoms with Gasteiger partial charge in [-0.15, -0.1) is 0 Å². The number of benzene rings is 1. The minimum absolute atomic E-state index is 0.0142. The first kappa shape index (κ1) is 12.5. The van der Waals surface area contributed by atoms with Crippen molar-refractivity contribution in [3.8, 4) is 5.75 Å². The molecule has 3 atom stereocenters. The second-order valence-electron chi connectivity index (χ2n) is 5.46. The molecule has 2 N–H and O–H groups in total. The first-order valence-corrected chi connectivity index (χ1v) is 7.01. The molecule has 1 aromatic carbocycles. The maximum atomic E-state index is 12.3. The van der Waals surface area contributed by atoms with Crippen molar-refractivity contribution >= 4 is 5.91 Å². The Bertz CT molecular complexity index is 475. The van der Waals surface area contributed by atoms with E-state index in [1.165, 1.54) is 0 Å². The van der Waals surface area contributed by atoms with Crippen LogP contribution in [0.3, 0.4) is 0 Å². The number of carbonyl (C=O) groups is 1. The third kappa shape index (κ3) is 2.45. The maximum Gasteiger partial charge on any atom is 0.238 e. The predicted molar refractivity (Wildman–Crippen MR) is 73.0 cm³/mol. The van der Waals surface area contributed by atoms with Gasteiger partial charge in [0, 0.05) is 5.56 Å².